The number of nitrogens with one attached hydrogen (secondary N) is 1. The SMILES string of the molecule is Cc1nn[nH]c1-c1cnc2c3ccc(C(C)(C)N)c(F)c3n([C@H](c3ccccc3)C3CCOCC3)c2c1. The van der Waals surface area contributed by atoms with Gasteiger partial charge in [0.2, 0.25) is 0 Å². The summed E-state index contributed by atoms with van der Waals surface area (Å²) in [5, 5.41) is 11.8. The lowest BCUT2D eigenvalue weighted by Gasteiger charge is -2.33. The number of hydrogen-bond acceptors (Lipinski definition) is 5. The van der Waals surface area contributed by atoms with E-state index in [0.717, 1.165) is 51.8 Å². The van der Waals surface area contributed by atoms with E-state index in [-0.39, 0.29) is 17.8 Å². The molecule has 5 aromatic rings. The van der Waals surface area contributed by atoms with Gasteiger partial charge in [-0.15, -0.1) is 5.10 Å². The number of nitrogens with zero attached hydrogens (tertiary/aromatic N) is 4. The third-order valence-electron chi connectivity index (χ3n) is 7.58. The van der Waals surface area contributed by atoms with Crippen LogP contribution < -0.4 is 5.73 Å². The maximum Gasteiger partial charge on any atom is 0.152 e. The smallest absolute Gasteiger partial charge is 0.152 e. The lowest BCUT2D eigenvalue weighted by molar-refractivity contribution is 0.0552. The van der Waals surface area contributed by atoms with E-state index in [1.165, 1.54) is 0 Å². The van der Waals surface area contributed by atoms with E-state index >= 15 is 4.39 Å². The van der Waals surface area contributed by atoms with Gasteiger partial charge < -0.3 is 15.0 Å². The van der Waals surface area contributed by atoms with E-state index in [4.69, 9.17) is 15.5 Å². The van der Waals surface area contributed by atoms with Gasteiger partial charge in [-0.3, -0.25) is 10.1 Å². The van der Waals surface area contributed by atoms with Gasteiger partial charge in [0.25, 0.3) is 0 Å². The average molecular weight is 499 g/mol. The predicted molar refractivity (Wildman–Crippen MR) is 143 cm³/mol. The topological polar surface area (TPSA) is 94.6 Å². The molecule has 6 rings (SSSR count). The van der Waals surface area contributed by atoms with Gasteiger partial charge in [0, 0.05) is 41.5 Å². The molecule has 2 aromatic carbocycles. The van der Waals surface area contributed by atoms with Crippen molar-refractivity contribution in [1.82, 2.24) is 25.0 Å². The fraction of sp³-hybridized carbons (Fsp3) is 0.345. The highest BCUT2D eigenvalue weighted by atomic mass is 19.1. The Morgan fingerprint density at radius 2 is 1.89 bits per heavy atom. The summed E-state index contributed by atoms with van der Waals surface area (Å²) in [5.74, 6) is -0.0277. The zero-order valence-corrected chi connectivity index (χ0v) is 21.3. The van der Waals surface area contributed by atoms with Crippen molar-refractivity contribution in [2.45, 2.75) is 45.2 Å². The molecule has 1 aliphatic heterocycles. The number of benzene rings is 2. The molecule has 0 spiro atoms. The summed E-state index contributed by atoms with van der Waals surface area (Å²) in [6, 6.07) is 16.1. The minimum atomic E-state index is -0.836. The second-order valence-corrected chi connectivity index (χ2v) is 10.6. The van der Waals surface area contributed by atoms with Crippen LogP contribution in [-0.2, 0) is 10.3 Å². The second kappa shape index (κ2) is 9.04. The number of ether oxygens (including phenoxy) is 1. The Morgan fingerprint density at radius 3 is 2.57 bits per heavy atom. The van der Waals surface area contributed by atoms with Crippen molar-refractivity contribution >= 4 is 21.9 Å². The van der Waals surface area contributed by atoms with Crippen LogP contribution in [0.25, 0.3) is 33.2 Å². The van der Waals surface area contributed by atoms with Gasteiger partial charge in [0.1, 0.15) is 0 Å². The number of halogens is 1. The molecule has 1 fully saturated rings. The molecule has 0 aliphatic carbocycles. The first-order chi connectivity index (χ1) is 17.8. The highest BCUT2D eigenvalue weighted by Gasteiger charge is 2.33. The summed E-state index contributed by atoms with van der Waals surface area (Å²) >= 11 is 0. The monoisotopic (exact) mass is 498 g/mol. The van der Waals surface area contributed by atoms with Gasteiger partial charge in [0.05, 0.1) is 34.0 Å². The maximum absolute atomic E-state index is 16.6. The predicted octanol–water partition coefficient (Wildman–Crippen LogP) is 5.63. The van der Waals surface area contributed by atoms with Crippen LogP contribution >= 0.6 is 0 Å². The van der Waals surface area contributed by atoms with E-state index in [0.29, 0.717) is 24.3 Å². The quantitative estimate of drug-likeness (QED) is 0.327. The fourth-order valence-corrected chi connectivity index (χ4v) is 5.75. The average Bonchev–Trinajstić information content (AvgIpc) is 3.46. The highest BCUT2D eigenvalue weighted by Crippen LogP contribution is 2.43. The number of fused-ring (bicyclic) bond motifs is 3. The third-order valence-corrected chi connectivity index (χ3v) is 7.58. The lowest BCUT2D eigenvalue weighted by Crippen LogP contribution is -2.30. The van der Waals surface area contributed by atoms with E-state index in [1.54, 1.807) is 12.3 Å². The Bertz CT molecular complexity index is 1580. The van der Waals surface area contributed by atoms with Crippen molar-refractivity contribution < 1.29 is 9.13 Å². The minimum Gasteiger partial charge on any atom is -0.381 e. The Morgan fingerprint density at radius 1 is 1.14 bits per heavy atom. The van der Waals surface area contributed by atoms with Gasteiger partial charge in [-0.1, -0.05) is 47.7 Å². The summed E-state index contributed by atoms with van der Waals surface area (Å²) in [6.45, 7) is 6.96. The second-order valence-electron chi connectivity index (χ2n) is 10.6. The van der Waals surface area contributed by atoms with Crippen LogP contribution in [0.5, 0.6) is 0 Å². The van der Waals surface area contributed by atoms with Crippen LogP contribution in [0.4, 0.5) is 4.39 Å². The molecular weight excluding hydrogens is 467 g/mol. The number of aromatic amines is 1. The standard InChI is InChI=1S/C29H31FN6O/c1-17-25(34-35-33-17)20-15-23-26(32-16-20)21-9-10-22(29(2,3)31)24(30)28(21)36(23)27(18-7-5-4-6-8-18)19-11-13-37-14-12-19/h4-10,15-16,19,27H,11-14,31H2,1-3H3,(H,33,34,35)/t27-/m1/s1. The molecule has 8 heteroatoms. The summed E-state index contributed by atoms with van der Waals surface area (Å²) in [4.78, 5) is 4.86. The van der Waals surface area contributed by atoms with Gasteiger partial charge in [-0.2, -0.15) is 0 Å². The number of aromatic nitrogens is 5. The van der Waals surface area contributed by atoms with Crippen molar-refractivity contribution in [1.29, 1.82) is 0 Å². The number of pyridine rings is 1. The number of H-pyrrole nitrogens is 1. The molecule has 0 unspecified atom stereocenters. The van der Waals surface area contributed by atoms with Gasteiger partial charge >= 0.3 is 0 Å². The molecular formula is C29H31FN6O. The molecule has 7 nitrogen and oxygen atoms in total. The molecule has 3 N–H and O–H groups in total. The molecule has 4 heterocycles. The normalized spacial score (nSPS) is 16.0. The molecule has 0 amide bonds. The first kappa shape index (κ1) is 23.8. The van der Waals surface area contributed by atoms with Crippen molar-refractivity contribution in [3.05, 3.63) is 77.4 Å². The summed E-state index contributed by atoms with van der Waals surface area (Å²) < 4.78 is 24.4. The molecule has 0 bridgehead atoms. The van der Waals surface area contributed by atoms with Crippen LogP contribution in [0, 0.1) is 18.7 Å². The van der Waals surface area contributed by atoms with Crippen LogP contribution in [0.3, 0.4) is 0 Å². The van der Waals surface area contributed by atoms with Gasteiger partial charge in [0.15, 0.2) is 5.82 Å². The van der Waals surface area contributed by atoms with Crippen LogP contribution in [-0.4, -0.2) is 38.2 Å². The molecule has 190 valence electrons. The molecule has 1 atom stereocenters. The first-order valence-electron chi connectivity index (χ1n) is 12.8. The molecule has 3 aromatic heterocycles. The summed E-state index contributed by atoms with van der Waals surface area (Å²) in [5.41, 5.74) is 11.8. The van der Waals surface area contributed by atoms with Crippen molar-refractivity contribution in [2.24, 2.45) is 11.7 Å². The van der Waals surface area contributed by atoms with Crippen LogP contribution in [0.15, 0.2) is 54.7 Å². The van der Waals surface area contributed by atoms with Crippen LogP contribution in [0.1, 0.15) is 49.6 Å². The molecule has 0 saturated carbocycles. The lowest BCUT2D eigenvalue weighted by atomic mass is 9.86. The number of aryl methyl sites for hydroxylation is 1. The zero-order chi connectivity index (χ0) is 25.7. The number of rotatable bonds is 5. The Hall–Kier alpha value is -3.62. The zero-order valence-electron chi connectivity index (χ0n) is 21.3. The number of hydrogen-bond donors (Lipinski definition) is 2. The van der Waals surface area contributed by atoms with E-state index in [1.807, 2.05) is 45.0 Å². The first-order valence-corrected chi connectivity index (χ1v) is 12.8. The Balaban J connectivity index is 1.72. The minimum absolute atomic E-state index is 0.103. The highest BCUT2D eigenvalue weighted by molar-refractivity contribution is 6.07. The van der Waals surface area contributed by atoms with Crippen molar-refractivity contribution in [3.8, 4) is 11.3 Å². The Labute approximate surface area is 214 Å². The summed E-state index contributed by atoms with van der Waals surface area (Å²) in [6.07, 6.45) is 3.58. The molecule has 37 heavy (non-hydrogen) atoms. The molecule has 1 aliphatic rings. The Kier molecular flexibility index (Phi) is 5.81. The molecule has 1 saturated heterocycles. The number of nitrogens with two attached hydrogens (primary N) is 1. The summed E-state index contributed by atoms with van der Waals surface area (Å²) in [7, 11) is 0. The van der Waals surface area contributed by atoms with E-state index < -0.39 is 5.54 Å². The van der Waals surface area contributed by atoms with Crippen molar-refractivity contribution in [3.63, 3.8) is 0 Å². The maximum atomic E-state index is 16.6. The van der Waals surface area contributed by atoms with Gasteiger partial charge in [-0.25, -0.2) is 4.39 Å². The van der Waals surface area contributed by atoms with Crippen molar-refractivity contribution in [2.75, 3.05) is 13.2 Å². The van der Waals surface area contributed by atoms with E-state index in [2.05, 4.69) is 38.2 Å². The fourth-order valence-electron chi connectivity index (χ4n) is 5.75. The largest absolute Gasteiger partial charge is 0.381 e. The van der Waals surface area contributed by atoms with Crippen LogP contribution in [0.2, 0.25) is 0 Å². The molecule has 0 radical (unpaired) electrons. The van der Waals surface area contributed by atoms with E-state index in [9.17, 15) is 0 Å². The third kappa shape index (κ3) is 4.01. The van der Waals surface area contributed by atoms with Gasteiger partial charge in [-0.05, 0) is 51.2 Å².